The second-order valence-electron chi connectivity index (χ2n) is 7.47. The molecule has 0 unspecified atom stereocenters. The van der Waals surface area contributed by atoms with Crippen molar-refractivity contribution < 1.29 is 0 Å². The van der Waals surface area contributed by atoms with Gasteiger partial charge in [0, 0.05) is 23.4 Å². The summed E-state index contributed by atoms with van der Waals surface area (Å²) < 4.78 is 3.18. The highest BCUT2D eigenvalue weighted by Gasteiger charge is 2.26. The third-order valence-corrected chi connectivity index (χ3v) is 5.72. The summed E-state index contributed by atoms with van der Waals surface area (Å²) in [5.74, 6) is 1.60. The maximum Gasteiger partial charge on any atom is 0.267 e. The van der Waals surface area contributed by atoms with Crippen molar-refractivity contribution in [3.05, 3.63) is 52.7 Å². The fourth-order valence-corrected chi connectivity index (χ4v) is 4.27. The lowest BCUT2D eigenvalue weighted by Crippen LogP contribution is -2.34. The first-order valence-electron chi connectivity index (χ1n) is 9.82. The standard InChI is InChI=1S/C19H22N8O/c28-18-9-8-17(26-12-20-10-23-26)25-27(18)14-6-4-13(5-7-14)24-19-15-2-1-3-16(15)21-11-22-19/h8-14H,1-7H2,(H,21,22,24). The second kappa shape index (κ2) is 7.14. The predicted octanol–water partition coefficient (Wildman–Crippen LogP) is 1.70. The van der Waals surface area contributed by atoms with Crippen LogP contribution in [-0.4, -0.2) is 40.6 Å². The van der Waals surface area contributed by atoms with Gasteiger partial charge in [-0.15, -0.1) is 5.10 Å². The van der Waals surface area contributed by atoms with Gasteiger partial charge in [0.1, 0.15) is 24.8 Å². The molecule has 0 aliphatic heterocycles. The molecule has 0 saturated heterocycles. The number of nitrogens with one attached hydrogen (secondary N) is 1. The van der Waals surface area contributed by atoms with E-state index in [-0.39, 0.29) is 11.6 Å². The highest BCUT2D eigenvalue weighted by atomic mass is 16.1. The molecule has 2 aliphatic rings. The largest absolute Gasteiger partial charge is 0.367 e. The molecule has 0 radical (unpaired) electrons. The molecule has 9 heteroatoms. The third kappa shape index (κ3) is 3.17. The van der Waals surface area contributed by atoms with E-state index in [2.05, 4.69) is 30.5 Å². The number of nitrogens with zero attached hydrogens (tertiary/aromatic N) is 7. The number of hydrogen-bond donors (Lipinski definition) is 1. The quantitative estimate of drug-likeness (QED) is 0.737. The Balaban J connectivity index is 1.28. The molecule has 1 saturated carbocycles. The maximum atomic E-state index is 12.4. The monoisotopic (exact) mass is 378 g/mol. The van der Waals surface area contributed by atoms with Gasteiger partial charge in [0.2, 0.25) is 0 Å². The number of hydrogen-bond acceptors (Lipinski definition) is 7. The zero-order chi connectivity index (χ0) is 18.9. The Labute approximate surface area is 161 Å². The first-order chi connectivity index (χ1) is 13.8. The van der Waals surface area contributed by atoms with Crippen LogP contribution in [0.5, 0.6) is 0 Å². The first-order valence-corrected chi connectivity index (χ1v) is 9.82. The fourth-order valence-electron chi connectivity index (χ4n) is 4.27. The predicted molar refractivity (Wildman–Crippen MR) is 102 cm³/mol. The first kappa shape index (κ1) is 17.0. The fraction of sp³-hybridized carbons (Fsp3) is 0.474. The Morgan fingerprint density at radius 3 is 2.75 bits per heavy atom. The van der Waals surface area contributed by atoms with Crippen LogP contribution < -0.4 is 10.9 Å². The van der Waals surface area contributed by atoms with Crippen molar-refractivity contribution in [2.24, 2.45) is 0 Å². The summed E-state index contributed by atoms with van der Waals surface area (Å²) in [6.07, 6.45) is 11.7. The number of aromatic nitrogens is 7. The SMILES string of the molecule is O=c1ccc(-n2cncn2)nn1C1CCC(Nc2ncnc3c2CCC3)CC1. The topological polar surface area (TPSA) is 103 Å². The van der Waals surface area contributed by atoms with Crippen molar-refractivity contribution >= 4 is 5.82 Å². The summed E-state index contributed by atoms with van der Waals surface area (Å²) in [4.78, 5) is 25.2. The van der Waals surface area contributed by atoms with Gasteiger partial charge in [0.15, 0.2) is 5.82 Å². The van der Waals surface area contributed by atoms with Gasteiger partial charge in [-0.2, -0.15) is 5.10 Å². The van der Waals surface area contributed by atoms with Crippen molar-refractivity contribution in [3.8, 4) is 5.82 Å². The van der Waals surface area contributed by atoms with E-state index in [0.29, 0.717) is 11.9 Å². The molecule has 1 N–H and O–H groups in total. The van der Waals surface area contributed by atoms with E-state index in [0.717, 1.165) is 50.8 Å². The highest BCUT2D eigenvalue weighted by molar-refractivity contribution is 5.48. The van der Waals surface area contributed by atoms with E-state index in [4.69, 9.17) is 0 Å². The molecular weight excluding hydrogens is 356 g/mol. The Bertz CT molecular complexity index is 1020. The second-order valence-corrected chi connectivity index (χ2v) is 7.47. The van der Waals surface area contributed by atoms with Crippen LogP contribution in [0.3, 0.4) is 0 Å². The van der Waals surface area contributed by atoms with Crippen molar-refractivity contribution in [1.29, 1.82) is 0 Å². The van der Waals surface area contributed by atoms with Crippen molar-refractivity contribution in [2.75, 3.05) is 5.32 Å². The van der Waals surface area contributed by atoms with Gasteiger partial charge in [-0.25, -0.2) is 24.3 Å². The normalized spacial score (nSPS) is 21.4. The molecule has 0 atom stereocenters. The highest BCUT2D eigenvalue weighted by Crippen LogP contribution is 2.31. The van der Waals surface area contributed by atoms with Gasteiger partial charge in [-0.1, -0.05) is 0 Å². The van der Waals surface area contributed by atoms with Gasteiger partial charge in [0.25, 0.3) is 5.56 Å². The van der Waals surface area contributed by atoms with E-state index >= 15 is 0 Å². The number of anilines is 1. The Hall–Kier alpha value is -3.10. The smallest absolute Gasteiger partial charge is 0.267 e. The molecule has 0 spiro atoms. The summed E-state index contributed by atoms with van der Waals surface area (Å²) in [6, 6.07) is 3.70. The molecule has 2 aliphatic carbocycles. The van der Waals surface area contributed by atoms with Crippen LogP contribution in [0.4, 0.5) is 5.82 Å². The van der Waals surface area contributed by atoms with Crippen molar-refractivity contribution in [3.63, 3.8) is 0 Å². The minimum Gasteiger partial charge on any atom is -0.367 e. The van der Waals surface area contributed by atoms with Crippen molar-refractivity contribution in [2.45, 2.75) is 57.0 Å². The molecule has 0 amide bonds. The van der Waals surface area contributed by atoms with Gasteiger partial charge in [-0.3, -0.25) is 4.79 Å². The molecule has 144 valence electrons. The average molecular weight is 378 g/mol. The molecular formula is C19H22N8O. The van der Waals surface area contributed by atoms with Crippen LogP contribution >= 0.6 is 0 Å². The van der Waals surface area contributed by atoms with Gasteiger partial charge >= 0.3 is 0 Å². The van der Waals surface area contributed by atoms with Gasteiger partial charge in [0.05, 0.1) is 6.04 Å². The summed E-state index contributed by atoms with van der Waals surface area (Å²) in [6.45, 7) is 0. The zero-order valence-corrected chi connectivity index (χ0v) is 15.5. The van der Waals surface area contributed by atoms with E-state index < -0.39 is 0 Å². The summed E-state index contributed by atoms with van der Waals surface area (Å²) in [5.41, 5.74) is 2.39. The molecule has 0 bridgehead atoms. The number of fused-ring (bicyclic) bond motifs is 1. The lowest BCUT2D eigenvalue weighted by molar-refractivity contribution is 0.302. The molecule has 28 heavy (non-hydrogen) atoms. The van der Waals surface area contributed by atoms with Crippen LogP contribution in [0.25, 0.3) is 5.82 Å². The molecule has 3 aromatic rings. The number of rotatable bonds is 4. The van der Waals surface area contributed by atoms with Crippen molar-refractivity contribution in [1.82, 2.24) is 34.5 Å². The molecule has 3 heterocycles. The lowest BCUT2D eigenvalue weighted by atomic mass is 9.91. The lowest BCUT2D eigenvalue weighted by Gasteiger charge is -2.30. The van der Waals surface area contributed by atoms with E-state index in [1.54, 1.807) is 34.2 Å². The molecule has 3 aromatic heterocycles. The maximum absolute atomic E-state index is 12.4. The summed E-state index contributed by atoms with van der Waals surface area (Å²) >= 11 is 0. The van der Waals surface area contributed by atoms with Crippen LogP contribution in [0, 0.1) is 0 Å². The van der Waals surface area contributed by atoms with E-state index in [1.165, 1.54) is 17.6 Å². The average Bonchev–Trinajstić information content (AvgIpc) is 3.42. The van der Waals surface area contributed by atoms with E-state index in [1.807, 2.05) is 0 Å². The van der Waals surface area contributed by atoms with Crippen LogP contribution in [0.2, 0.25) is 0 Å². The van der Waals surface area contributed by atoms with E-state index in [9.17, 15) is 4.79 Å². The van der Waals surface area contributed by atoms with Gasteiger partial charge < -0.3 is 5.32 Å². The summed E-state index contributed by atoms with van der Waals surface area (Å²) in [7, 11) is 0. The minimum absolute atomic E-state index is 0.0751. The van der Waals surface area contributed by atoms with Crippen LogP contribution in [0.15, 0.2) is 35.9 Å². The Morgan fingerprint density at radius 2 is 1.93 bits per heavy atom. The third-order valence-electron chi connectivity index (χ3n) is 5.72. The molecule has 5 rings (SSSR count). The molecule has 0 aromatic carbocycles. The Kier molecular flexibility index (Phi) is 4.34. The Morgan fingerprint density at radius 1 is 1.04 bits per heavy atom. The minimum atomic E-state index is -0.0751. The van der Waals surface area contributed by atoms with Crippen LogP contribution in [0.1, 0.15) is 49.4 Å². The number of aryl methyl sites for hydroxylation is 1. The molecule has 9 nitrogen and oxygen atoms in total. The van der Waals surface area contributed by atoms with Gasteiger partial charge in [-0.05, 0) is 51.0 Å². The zero-order valence-electron chi connectivity index (χ0n) is 15.5. The van der Waals surface area contributed by atoms with Crippen LogP contribution in [-0.2, 0) is 12.8 Å². The summed E-state index contributed by atoms with van der Waals surface area (Å²) in [5, 5.41) is 12.2. The molecule has 1 fully saturated rings.